The number of carbonyl (C=O) groups excluding carboxylic acids is 2. The molecule has 0 saturated carbocycles. The Bertz CT molecular complexity index is 978. The van der Waals surface area contributed by atoms with E-state index in [1.54, 1.807) is 12.1 Å². The molecule has 0 spiro atoms. The predicted molar refractivity (Wildman–Crippen MR) is 101 cm³/mol. The van der Waals surface area contributed by atoms with Gasteiger partial charge in [-0.15, -0.1) is 0 Å². The minimum atomic E-state index is -0.544. The normalized spacial score (nSPS) is 16.2. The summed E-state index contributed by atoms with van der Waals surface area (Å²) in [5.74, 6) is -0.339. The van der Waals surface area contributed by atoms with Crippen LogP contribution in [0, 0.1) is 5.92 Å². The fraction of sp³-hybridized carbons (Fsp3) is 0.143. The van der Waals surface area contributed by atoms with Gasteiger partial charge in [0.05, 0.1) is 11.6 Å². The van der Waals surface area contributed by atoms with Crippen molar-refractivity contribution in [1.29, 1.82) is 0 Å². The number of hydrogen-bond donors (Lipinski definition) is 2. The molecule has 1 heterocycles. The third kappa shape index (κ3) is 3.24. The largest absolute Gasteiger partial charge is 0.491 e. The summed E-state index contributed by atoms with van der Waals surface area (Å²) < 4.78 is 5.69. The second-order valence-corrected chi connectivity index (χ2v) is 6.27. The highest BCUT2D eigenvalue weighted by Gasteiger charge is 2.27. The molecule has 5 nitrogen and oxygen atoms in total. The Morgan fingerprint density at radius 1 is 1.04 bits per heavy atom. The molecular formula is C21H18N2O3. The Balaban J connectivity index is 1.47. The number of anilines is 2. The van der Waals surface area contributed by atoms with E-state index in [1.807, 2.05) is 54.6 Å². The summed E-state index contributed by atoms with van der Waals surface area (Å²) in [5.41, 5.74) is 1.38. The van der Waals surface area contributed by atoms with Gasteiger partial charge >= 0.3 is 0 Å². The quantitative estimate of drug-likeness (QED) is 0.758. The Morgan fingerprint density at radius 2 is 1.81 bits per heavy atom. The van der Waals surface area contributed by atoms with Crippen molar-refractivity contribution in [3.05, 3.63) is 66.7 Å². The molecule has 130 valence electrons. The van der Waals surface area contributed by atoms with Gasteiger partial charge in [-0.05, 0) is 23.6 Å². The van der Waals surface area contributed by atoms with Gasteiger partial charge in [-0.3, -0.25) is 9.59 Å². The maximum absolute atomic E-state index is 12.5. The summed E-state index contributed by atoms with van der Waals surface area (Å²) in [6, 6.07) is 20.9. The van der Waals surface area contributed by atoms with E-state index < -0.39 is 5.92 Å². The third-order valence-electron chi connectivity index (χ3n) is 4.45. The summed E-state index contributed by atoms with van der Waals surface area (Å²) in [6.45, 7) is 0.172. The maximum atomic E-state index is 12.5. The molecular weight excluding hydrogens is 328 g/mol. The molecule has 3 aromatic rings. The molecule has 2 N–H and O–H groups in total. The van der Waals surface area contributed by atoms with Gasteiger partial charge < -0.3 is 15.4 Å². The van der Waals surface area contributed by atoms with Crippen LogP contribution in [-0.4, -0.2) is 18.4 Å². The molecule has 1 aliphatic heterocycles. The van der Waals surface area contributed by atoms with Crippen molar-refractivity contribution in [2.24, 2.45) is 5.92 Å². The SMILES string of the molecule is O=C(C[C@H]1COc2ccccc2NC1=O)Nc1cccc2ccccc12. The van der Waals surface area contributed by atoms with Crippen molar-refractivity contribution < 1.29 is 14.3 Å². The molecule has 0 aliphatic carbocycles. The van der Waals surface area contributed by atoms with Gasteiger partial charge in [0, 0.05) is 17.5 Å². The summed E-state index contributed by atoms with van der Waals surface area (Å²) in [5, 5.41) is 7.77. The highest BCUT2D eigenvalue weighted by Crippen LogP contribution is 2.29. The maximum Gasteiger partial charge on any atom is 0.231 e. The summed E-state index contributed by atoms with van der Waals surface area (Å²) in [4.78, 5) is 24.9. The zero-order valence-electron chi connectivity index (χ0n) is 14.1. The summed E-state index contributed by atoms with van der Waals surface area (Å²) in [7, 11) is 0. The standard InChI is InChI=1S/C21H18N2O3/c24-20(22-17-10-5-7-14-6-1-2-8-16(14)17)12-15-13-26-19-11-4-3-9-18(19)23-21(15)25/h1-11,15H,12-13H2,(H,22,24)(H,23,25)/t15-/m0/s1. The van der Waals surface area contributed by atoms with Crippen LogP contribution in [0.3, 0.4) is 0 Å². The van der Waals surface area contributed by atoms with Gasteiger partial charge in [0.2, 0.25) is 11.8 Å². The first-order valence-electron chi connectivity index (χ1n) is 8.51. The first-order valence-corrected chi connectivity index (χ1v) is 8.51. The van der Waals surface area contributed by atoms with Crippen molar-refractivity contribution in [3.63, 3.8) is 0 Å². The van der Waals surface area contributed by atoms with E-state index in [1.165, 1.54) is 0 Å². The van der Waals surface area contributed by atoms with Gasteiger partial charge in [0.15, 0.2) is 0 Å². The van der Waals surface area contributed by atoms with Crippen LogP contribution in [0.15, 0.2) is 66.7 Å². The number of carbonyl (C=O) groups is 2. The Morgan fingerprint density at radius 3 is 2.73 bits per heavy atom. The van der Waals surface area contributed by atoms with Crippen LogP contribution >= 0.6 is 0 Å². The minimum Gasteiger partial charge on any atom is -0.491 e. The molecule has 1 atom stereocenters. The van der Waals surface area contributed by atoms with E-state index in [0.29, 0.717) is 11.4 Å². The number of hydrogen-bond acceptors (Lipinski definition) is 3. The molecule has 0 fully saturated rings. The van der Waals surface area contributed by atoms with Crippen LogP contribution in [0.5, 0.6) is 5.75 Å². The van der Waals surface area contributed by atoms with Gasteiger partial charge in [-0.1, -0.05) is 48.5 Å². The van der Waals surface area contributed by atoms with E-state index in [0.717, 1.165) is 16.5 Å². The zero-order chi connectivity index (χ0) is 17.9. The second kappa shape index (κ2) is 6.88. The van der Waals surface area contributed by atoms with Crippen molar-refractivity contribution in [2.75, 3.05) is 17.2 Å². The fourth-order valence-electron chi connectivity index (χ4n) is 3.11. The molecule has 0 aromatic heterocycles. The number of rotatable bonds is 3. The highest BCUT2D eigenvalue weighted by atomic mass is 16.5. The van der Waals surface area contributed by atoms with Crippen molar-refractivity contribution in [3.8, 4) is 5.75 Å². The first-order chi connectivity index (χ1) is 12.7. The lowest BCUT2D eigenvalue weighted by Gasteiger charge is -2.13. The van der Waals surface area contributed by atoms with Gasteiger partial charge in [0.25, 0.3) is 0 Å². The van der Waals surface area contributed by atoms with Crippen LogP contribution in [0.2, 0.25) is 0 Å². The average Bonchev–Trinajstić information content (AvgIpc) is 2.81. The van der Waals surface area contributed by atoms with Gasteiger partial charge in [0.1, 0.15) is 12.4 Å². The Kier molecular flexibility index (Phi) is 4.27. The number of benzene rings is 3. The van der Waals surface area contributed by atoms with Gasteiger partial charge in [-0.2, -0.15) is 0 Å². The average molecular weight is 346 g/mol. The van der Waals surface area contributed by atoms with Gasteiger partial charge in [-0.25, -0.2) is 0 Å². The van der Waals surface area contributed by atoms with E-state index in [9.17, 15) is 9.59 Å². The van der Waals surface area contributed by atoms with Crippen LogP contribution < -0.4 is 15.4 Å². The van der Waals surface area contributed by atoms with Crippen LogP contribution in [0.4, 0.5) is 11.4 Å². The number of ether oxygens (including phenoxy) is 1. The topological polar surface area (TPSA) is 67.4 Å². The molecule has 2 amide bonds. The number of fused-ring (bicyclic) bond motifs is 2. The monoisotopic (exact) mass is 346 g/mol. The number of para-hydroxylation sites is 2. The summed E-state index contributed by atoms with van der Waals surface area (Å²) in [6.07, 6.45) is 0.0586. The third-order valence-corrected chi connectivity index (χ3v) is 4.45. The van der Waals surface area contributed by atoms with E-state index in [4.69, 9.17) is 4.74 Å². The van der Waals surface area contributed by atoms with E-state index in [2.05, 4.69) is 10.6 Å². The molecule has 0 radical (unpaired) electrons. The smallest absolute Gasteiger partial charge is 0.231 e. The molecule has 3 aromatic carbocycles. The number of nitrogens with one attached hydrogen (secondary N) is 2. The molecule has 0 saturated heterocycles. The lowest BCUT2D eigenvalue weighted by atomic mass is 10.0. The van der Waals surface area contributed by atoms with E-state index >= 15 is 0 Å². The lowest BCUT2D eigenvalue weighted by Crippen LogP contribution is -2.29. The highest BCUT2D eigenvalue weighted by molar-refractivity contribution is 6.04. The first kappa shape index (κ1) is 16.1. The van der Waals surface area contributed by atoms with Crippen molar-refractivity contribution in [1.82, 2.24) is 0 Å². The molecule has 5 heteroatoms. The minimum absolute atomic E-state index is 0.0586. The lowest BCUT2D eigenvalue weighted by molar-refractivity contribution is -0.125. The molecule has 1 aliphatic rings. The molecule has 0 bridgehead atoms. The zero-order valence-corrected chi connectivity index (χ0v) is 14.1. The number of amides is 2. The molecule has 4 rings (SSSR count). The second-order valence-electron chi connectivity index (χ2n) is 6.27. The van der Waals surface area contributed by atoms with Crippen molar-refractivity contribution >= 4 is 34.0 Å². The van der Waals surface area contributed by atoms with Crippen LogP contribution in [-0.2, 0) is 9.59 Å². The molecule has 26 heavy (non-hydrogen) atoms. The Labute approximate surface area is 151 Å². The van der Waals surface area contributed by atoms with Crippen molar-refractivity contribution in [2.45, 2.75) is 6.42 Å². The predicted octanol–water partition coefficient (Wildman–Crippen LogP) is 3.82. The fourth-order valence-corrected chi connectivity index (χ4v) is 3.11. The van der Waals surface area contributed by atoms with Crippen LogP contribution in [0.1, 0.15) is 6.42 Å². The summed E-state index contributed by atoms with van der Waals surface area (Å²) >= 11 is 0. The molecule has 0 unspecified atom stereocenters. The Hall–Kier alpha value is -3.34. The van der Waals surface area contributed by atoms with E-state index in [-0.39, 0.29) is 24.8 Å². The van der Waals surface area contributed by atoms with Crippen LogP contribution in [0.25, 0.3) is 10.8 Å².